The van der Waals surface area contributed by atoms with Crippen molar-refractivity contribution in [1.29, 1.82) is 0 Å². The van der Waals surface area contributed by atoms with Gasteiger partial charge in [-0.3, -0.25) is 4.79 Å². The van der Waals surface area contributed by atoms with Crippen LogP contribution in [0.2, 0.25) is 0 Å². The number of H-pyrrole nitrogens is 1. The van der Waals surface area contributed by atoms with Crippen molar-refractivity contribution in [3.63, 3.8) is 0 Å². The Morgan fingerprint density at radius 3 is 2.55 bits per heavy atom. The van der Waals surface area contributed by atoms with Crippen molar-refractivity contribution < 1.29 is 0 Å². The maximum atomic E-state index is 11.6. The molecule has 0 atom stereocenters. The Morgan fingerprint density at radius 1 is 1.10 bits per heavy atom. The molecule has 0 aliphatic carbocycles. The molecule has 7 heteroatoms. The number of halogens is 1. The third-order valence-corrected chi connectivity index (χ3v) is 4.05. The molecule has 2 aromatic heterocycles. The van der Waals surface area contributed by atoms with Crippen LogP contribution < -0.4 is 15.4 Å². The van der Waals surface area contributed by atoms with Crippen LogP contribution in [0.4, 0.5) is 11.6 Å². The van der Waals surface area contributed by atoms with Crippen LogP contribution in [0.1, 0.15) is 0 Å². The molecule has 104 valence electrons. The van der Waals surface area contributed by atoms with Gasteiger partial charge >= 0.3 is 0 Å². The van der Waals surface area contributed by atoms with Crippen molar-refractivity contribution in [2.75, 3.05) is 36.0 Å². The molecule has 1 saturated heterocycles. The standard InChI is InChI=1S/C13H14BrN5O/c14-11-12(16-9-17-13(11)20)19-7-5-18(6-8-19)10-3-1-2-4-15-10/h1-4,9H,5-8H2,(H,16,17,20). The molecule has 0 radical (unpaired) electrons. The van der Waals surface area contributed by atoms with Crippen molar-refractivity contribution in [3.05, 3.63) is 45.5 Å². The van der Waals surface area contributed by atoms with Crippen LogP contribution in [0.15, 0.2) is 40.0 Å². The average molecular weight is 336 g/mol. The second-order valence-corrected chi connectivity index (χ2v) is 5.32. The molecule has 1 aliphatic heterocycles. The molecular formula is C13H14BrN5O. The van der Waals surface area contributed by atoms with E-state index < -0.39 is 0 Å². The minimum absolute atomic E-state index is 0.151. The number of rotatable bonds is 2. The number of hydrogen-bond donors (Lipinski definition) is 1. The van der Waals surface area contributed by atoms with E-state index in [9.17, 15) is 4.79 Å². The highest BCUT2D eigenvalue weighted by Crippen LogP contribution is 2.21. The molecule has 1 N–H and O–H groups in total. The number of nitrogens with zero attached hydrogens (tertiary/aromatic N) is 4. The third kappa shape index (κ3) is 2.53. The quantitative estimate of drug-likeness (QED) is 0.894. The molecule has 6 nitrogen and oxygen atoms in total. The van der Waals surface area contributed by atoms with Crippen LogP contribution in [0, 0.1) is 0 Å². The highest BCUT2D eigenvalue weighted by atomic mass is 79.9. The highest BCUT2D eigenvalue weighted by Gasteiger charge is 2.21. The van der Waals surface area contributed by atoms with Gasteiger partial charge in [0.25, 0.3) is 5.56 Å². The molecule has 3 heterocycles. The van der Waals surface area contributed by atoms with Gasteiger partial charge in [0.2, 0.25) is 0 Å². The molecule has 0 saturated carbocycles. The van der Waals surface area contributed by atoms with E-state index in [1.165, 1.54) is 6.33 Å². The molecule has 2 aromatic rings. The van der Waals surface area contributed by atoms with E-state index in [1.807, 2.05) is 18.2 Å². The Labute approximate surface area is 124 Å². The summed E-state index contributed by atoms with van der Waals surface area (Å²) in [6.07, 6.45) is 3.24. The summed E-state index contributed by atoms with van der Waals surface area (Å²) in [7, 11) is 0. The SMILES string of the molecule is O=c1[nH]cnc(N2CCN(c3ccccn3)CC2)c1Br. The lowest BCUT2D eigenvalue weighted by atomic mass is 10.3. The van der Waals surface area contributed by atoms with Crippen molar-refractivity contribution in [2.24, 2.45) is 0 Å². The Balaban J connectivity index is 1.73. The van der Waals surface area contributed by atoms with Crippen LogP contribution in [-0.2, 0) is 0 Å². The van der Waals surface area contributed by atoms with E-state index in [0.717, 1.165) is 32.0 Å². The number of aromatic amines is 1. The predicted molar refractivity (Wildman–Crippen MR) is 81.2 cm³/mol. The number of piperazine rings is 1. The Hall–Kier alpha value is -1.89. The van der Waals surface area contributed by atoms with Crippen molar-refractivity contribution in [2.45, 2.75) is 0 Å². The van der Waals surface area contributed by atoms with Gasteiger partial charge in [0.05, 0.1) is 6.33 Å². The van der Waals surface area contributed by atoms with Gasteiger partial charge < -0.3 is 14.8 Å². The maximum absolute atomic E-state index is 11.6. The summed E-state index contributed by atoms with van der Waals surface area (Å²) in [4.78, 5) is 27.1. The first-order chi connectivity index (χ1) is 9.75. The fourth-order valence-corrected chi connectivity index (χ4v) is 2.75. The number of hydrogen-bond acceptors (Lipinski definition) is 5. The monoisotopic (exact) mass is 335 g/mol. The highest BCUT2D eigenvalue weighted by molar-refractivity contribution is 9.10. The fourth-order valence-electron chi connectivity index (χ4n) is 2.28. The molecule has 1 fully saturated rings. The van der Waals surface area contributed by atoms with Gasteiger partial charge in [-0.1, -0.05) is 6.07 Å². The second-order valence-electron chi connectivity index (χ2n) is 4.53. The summed E-state index contributed by atoms with van der Waals surface area (Å²) in [6.45, 7) is 3.34. The number of anilines is 2. The molecule has 1 aliphatic rings. The summed E-state index contributed by atoms with van der Waals surface area (Å²) < 4.78 is 0.492. The molecule has 0 bridgehead atoms. The zero-order chi connectivity index (χ0) is 13.9. The molecule has 0 amide bonds. The summed E-state index contributed by atoms with van der Waals surface area (Å²) in [6, 6.07) is 5.91. The summed E-state index contributed by atoms with van der Waals surface area (Å²) in [5.41, 5.74) is -0.151. The lowest BCUT2D eigenvalue weighted by Crippen LogP contribution is -2.47. The lowest BCUT2D eigenvalue weighted by Gasteiger charge is -2.36. The lowest BCUT2D eigenvalue weighted by molar-refractivity contribution is 0.639. The number of pyridine rings is 1. The Bertz CT molecular complexity index is 637. The minimum atomic E-state index is -0.151. The first-order valence-corrected chi connectivity index (χ1v) is 7.19. The number of aromatic nitrogens is 3. The average Bonchev–Trinajstić information content (AvgIpc) is 2.51. The van der Waals surface area contributed by atoms with Gasteiger partial charge in [-0.2, -0.15) is 0 Å². The normalized spacial score (nSPS) is 15.4. The molecule has 0 spiro atoms. The van der Waals surface area contributed by atoms with E-state index in [1.54, 1.807) is 6.20 Å². The van der Waals surface area contributed by atoms with Gasteiger partial charge in [-0.05, 0) is 28.1 Å². The topological polar surface area (TPSA) is 65.1 Å². The van der Waals surface area contributed by atoms with Crippen molar-refractivity contribution in [1.82, 2.24) is 15.0 Å². The largest absolute Gasteiger partial charge is 0.353 e. The first-order valence-electron chi connectivity index (χ1n) is 6.40. The van der Waals surface area contributed by atoms with Crippen molar-refractivity contribution >= 4 is 27.6 Å². The smallest absolute Gasteiger partial charge is 0.267 e. The van der Waals surface area contributed by atoms with Crippen LogP contribution in [0.25, 0.3) is 0 Å². The summed E-state index contributed by atoms with van der Waals surface area (Å²) in [5.74, 6) is 1.69. The van der Waals surface area contributed by atoms with Crippen LogP contribution in [0.3, 0.4) is 0 Å². The summed E-state index contributed by atoms with van der Waals surface area (Å²) in [5, 5.41) is 0. The van der Waals surface area contributed by atoms with Gasteiger partial charge in [0, 0.05) is 32.4 Å². The van der Waals surface area contributed by atoms with Crippen LogP contribution >= 0.6 is 15.9 Å². The van der Waals surface area contributed by atoms with Crippen LogP contribution in [-0.4, -0.2) is 41.1 Å². The molecule has 0 unspecified atom stereocenters. The minimum Gasteiger partial charge on any atom is -0.353 e. The molecule has 3 rings (SSSR count). The Morgan fingerprint density at radius 2 is 1.85 bits per heavy atom. The van der Waals surface area contributed by atoms with Gasteiger partial charge in [0.1, 0.15) is 16.1 Å². The molecule has 20 heavy (non-hydrogen) atoms. The third-order valence-electron chi connectivity index (χ3n) is 3.33. The first kappa shape index (κ1) is 13.1. The predicted octanol–water partition coefficient (Wildman–Crippen LogP) is 1.25. The van der Waals surface area contributed by atoms with E-state index in [2.05, 4.69) is 40.7 Å². The van der Waals surface area contributed by atoms with Crippen molar-refractivity contribution in [3.8, 4) is 0 Å². The summed E-state index contributed by atoms with van der Waals surface area (Å²) >= 11 is 3.30. The molecule has 0 aromatic carbocycles. The van der Waals surface area contributed by atoms with Crippen LogP contribution in [0.5, 0.6) is 0 Å². The zero-order valence-electron chi connectivity index (χ0n) is 10.8. The second kappa shape index (κ2) is 5.62. The van der Waals surface area contributed by atoms with Gasteiger partial charge in [0.15, 0.2) is 0 Å². The fraction of sp³-hybridized carbons (Fsp3) is 0.308. The van der Waals surface area contributed by atoms with Gasteiger partial charge in [-0.15, -0.1) is 0 Å². The van der Waals surface area contributed by atoms with Gasteiger partial charge in [-0.25, -0.2) is 9.97 Å². The van der Waals surface area contributed by atoms with E-state index in [4.69, 9.17) is 0 Å². The zero-order valence-corrected chi connectivity index (χ0v) is 12.4. The Kier molecular flexibility index (Phi) is 3.68. The molecular weight excluding hydrogens is 322 g/mol. The van der Waals surface area contributed by atoms with E-state index in [0.29, 0.717) is 10.3 Å². The number of nitrogens with one attached hydrogen (secondary N) is 1. The maximum Gasteiger partial charge on any atom is 0.267 e. The van der Waals surface area contributed by atoms with E-state index in [-0.39, 0.29) is 5.56 Å². The van der Waals surface area contributed by atoms with E-state index >= 15 is 0 Å².